The second kappa shape index (κ2) is 7.62. The lowest BCUT2D eigenvalue weighted by atomic mass is 10.4. The van der Waals surface area contributed by atoms with E-state index in [4.69, 9.17) is 0 Å². The molecule has 0 fully saturated rings. The highest BCUT2D eigenvalue weighted by Crippen LogP contribution is 2.01. The quantitative estimate of drug-likeness (QED) is 0.449. The van der Waals surface area contributed by atoms with Crippen molar-refractivity contribution in [1.29, 1.82) is 0 Å². The molecule has 0 aromatic rings. The van der Waals surface area contributed by atoms with E-state index >= 15 is 0 Å². The molecular weight excluding hydrogens is 276 g/mol. The zero-order chi connectivity index (χ0) is 15.8. The molecule has 9 heteroatoms. The van der Waals surface area contributed by atoms with Crippen molar-refractivity contribution in [2.24, 2.45) is 0 Å². The van der Waals surface area contributed by atoms with E-state index in [1.54, 1.807) is 0 Å². The van der Waals surface area contributed by atoms with Gasteiger partial charge in [0, 0.05) is 0 Å². The molecule has 9 nitrogen and oxygen atoms in total. The van der Waals surface area contributed by atoms with E-state index in [1.807, 2.05) is 0 Å². The maximum absolute atomic E-state index is 11.3. The normalized spacial score (nSPS) is 14.5. The lowest BCUT2D eigenvalue weighted by Gasteiger charge is -2.35. The van der Waals surface area contributed by atoms with Crippen molar-refractivity contribution in [1.82, 2.24) is 31.9 Å². The standard InChI is InChI=1S/C12H16N6O3/c1-4-10(19)13-9-7-17(14-11(20)5-2)16-18(8-9)15-12(21)6-3/h4-7,16H,1-3,8H2,(H,13,19)(H,14,20)(H,15,21). The van der Waals surface area contributed by atoms with Crippen molar-refractivity contribution in [2.45, 2.75) is 0 Å². The third-order valence-electron chi connectivity index (χ3n) is 2.16. The lowest BCUT2D eigenvalue weighted by molar-refractivity contribution is -0.131. The average molecular weight is 292 g/mol. The molecule has 0 saturated heterocycles. The van der Waals surface area contributed by atoms with Crippen LogP contribution in [0, 0.1) is 0 Å². The van der Waals surface area contributed by atoms with Gasteiger partial charge >= 0.3 is 0 Å². The van der Waals surface area contributed by atoms with Crippen LogP contribution in [0.2, 0.25) is 0 Å². The zero-order valence-corrected chi connectivity index (χ0v) is 11.3. The van der Waals surface area contributed by atoms with E-state index in [0.29, 0.717) is 5.70 Å². The van der Waals surface area contributed by atoms with Crippen LogP contribution in [0.25, 0.3) is 0 Å². The highest BCUT2D eigenvalue weighted by Gasteiger charge is 2.20. The van der Waals surface area contributed by atoms with Crippen LogP contribution in [0.4, 0.5) is 0 Å². The summed E-state index contributed by atoms with van der Waals surface area (Å²) in [7, 11) is 0. The summed E-state index contributed by atoms with van der Waals surface area (Å²) in [6.07, 6.45) is 4.68. The Labute approximate surface area is 121 Å². The van der Waals surface area contributed by atoms with E-state index in [9.17, 15) is 14.4 Å². The number of hydrazine groups is 4. The Hall–Kier alpha value is -2.91. The summed E-state index contributed by atoms with van der Waals surface area (Å²) < 4.78 is 0. The van der Waals surface area contributed by atoms with Gasteiger partial charge in [0.25, 0.3) is 11.8 Å². The molecule has 0 aromatic carbocycles. The van der Waals surface area contributed by atoms with Gasteiger partial charge in [-0.2, -0.15) is 0 Å². The maximum Gasteiger partial charge on any atom is 0.263 e. The fraction of sp³-hybridized carbons (Fsp3) is 0.0833. The minimum absolute atomic E-state index is 0.139. The summed E-state index contributed by atoms with van der Waals surface area (Å²) >= 11 is 0. The number of carbonyl (C=O) groups is 3. The molecule has 0 atom stereocenters. The van der Waals surface area contributed by atoms with Crippen molar-refractivity contribution in [3.63, 3.8) is 0 Å². The van der Waals surface area contributed by atoms with Crippen LogP contribution in [0.3, 0.4) is 0 Å². The van der Waals surface area contributed by atoms with Crippen molar-refractivity contribution < 1.29 is 14.4 Å². The average Bonchev–Trinajstić information content (AvgIpc) is 2.46. The second-order valence-electron chi connectivity index (χ2n) is 3.76. The number of amides is 3. The third-order valence-corrected chi connectivity index (χ3v) is 2.16. The second-order valence-corrected chi connectivity index (χ2v) is 3.76. The van der Waals surface area contributed by atoms with Gasteiger partial charge in [-0.3, -0.25) is 19.8 Å². The maximum atomic E-state index is 11.3. The number of hydrogen-bond acceptors (Lipinski definition) is 6. The van der Waals surface area contributed by atoms with Gasteiger partial charge in [0.05, 0.1) is 18.4 Å². The van der Waals surface area contributed by atoms with Crippen LogP contribution in [0.1, 0.15) is 0 Å². The molecule has 0 unspecified atom stereocenters. The predicted molar refractivity (Wildman–Crippen MR) is 74.8 cm³/mol. The molecule has 0 bridgehead atoms. The SMILES string of the molecule is C=CC(=O)NC1=CN(NC(=O)C=C)NN(NC(=O)C=C)C1. The molecule has 1 heterocycles. The summed E-state index contributed by atoms with van der Waals surface area (Å²) in [5, 5.41) is 4.93. The van der Waals surface area contributed by atoms with Crippen LogP contribution in [0.15, 0.2) is 49.9 Å². The van der Waals surface area contributed by atoms with Gasteiger partial charge in [0.1, 0.15) is 0 Å². The number of nitrogens with one attached hydrogen (secondary N) is 4. The minimum atomic E-state index is -0.481. The van der Waals surface area contributed by atoms with Gasteiger partial charge in [0.2, 0.25) is 5.91 Å². The largest absolute Gasteiger partial charge is 0.323 e. The Balaban J connectivity index is 2.82. The monoisotopic (exact) mass is 292 g/mol. The van der Waals surface area contributed by atoms with E-state index in [1.165, 1.54) is 11.3 Å². The molecule has 0 spiro atoms. The highest BCUT2D eigenvalue weighted by atomic mass is 16.2. The van der Waals surface area contributed by atoms with Crippen LogP contribution >= 0.6 is 0 Å². The van der Waals surface area contributed by atoms with E-state index in [0.717, 1.165) is 23.3 Å². The van der Waals surface area contributed by atoms with Gasteiger partial charge in [-0.25, -0.2) is 10.5 Å². The molecule has 0 aromatic heterocycles. The molecule has 1 aliphatic heterocycles. The smallest absolute Gasteiger partial charge is 0.263 e. The first-order chi connectivity index (χ1) is 9.98. The first-order valence-electron chi connectivity index (χ1n) is 5.81. The van der Waals surface area contributed by atoms with Gasteiger partial charge in [-0.05, 0) is 18.2 Å². The molecule has 0 radical (unpaired) electrons. The summed E-state index contributed by atoms with van der Waals surface area (Å²) in [5.74, 6) is -1.37. The predicted octanol–water partition coefficient (Wildman–Crippen LogP) is -1.40. The first kappa shape index (κ1) is 16.1. The fourth-order valence-electron chi connectivity index (χ4n) is 1.31. The highest BCUT2D eigenvalue weighted by molar-refractivity contribution is 5.88. The van der Waals surface area contributed by atoms with Gasteiger partial charge < -0.3 is 5.32 Å². The molecule has 1 rings (SSSR count). The third kappa shape index (κ3) is 5.30. The van der Waals surface area contributed by atoms with Gasteiger partial charge in [0.15, 0.2) is 0 Å². The van der Waals surface area contributed by atoms with Gasteiger partial charge in [-0.1, -0.05) is 19.7 Å². The zero-order valence-electron chi connectivity index (χ0n) is 11.3. The van der Waals surface area contributed by atoms with Crippen LogP contribution in [-0.2, 0) is 14.4 Å². The molecular formula is C12H16N6O3. The number of rotatable bonds is 6. The van der Waals surface area contributed by atoms with E-state index in [2.05, 4.69) is 41.4 Å². The van der Waals surface area contributed by atoms with Crippen molar-refractivity contribution in [3.05, 3.63) is 49.9 Å². The van der Waals surface area contributed by atoms with Crippen LogP contribution < -0.4 is 21.7 Å². The number of nitrogens with zero attached hydrogens (tertiary/aromatic N) is 2. The summed E-state index contributed by atoms with van der Waals surface area (Å²) in [6, 6.07) is 0. The van der Waals surface area contributed by atoms with E-state index in [-0.39, 0.29) is 6.54 Å². The molecule has 3 amide bonds. The molecule has 0 saturated carbocycles. The first-order valence-corrected chi connectivity index (χ1v) is 5.81. The van der Waals surface area contributed by atoms with Crippen molar-refractivity contribution in [2.75, 3.05) is 6.54 Å². The number of hydrogen-bond donors (Lipinski definition) is 4. The Morgan fingerprint density at radius 1 is 1.05 bits per heavy atom. The Morgan fingerprint density at radius 3 is 2.19 bits per heavy atom. The van der Waals surface area contributed by atoms with Crippen LogP contribution in [-0.4, -0.2) is 34.5 Å². The molecule has 21 heavy (non-hydrogen) atoms. The Kier molecular flexibility index (Phi) is 5.86. The van der Waals surface area contributed by atoms with Crippen LogP contribution in [0.5, 0.6) is 0 Å². The van der Waals surface area contributed by atoms with E-state index < -0.39 is 17.7 Å². The lowest BCUT2D eigenvalue weighted by Crippen LogP contribution is -2.63. The summed E-state index contributed by atoms with van der Waals surface area (Å²) in [6.45, 7) is 10.1. The molecule has 0 aliphatic carbocycles. The molecule has 112 valence electrons. The van der Waals surface area contributed by atoms with Crippen molar-refractivity contribution in [3.8, 4) is 0 Å². The molecule has 1 aliphatic rings. The Bertz CT molecular complexity index is 513. The topological polar surface area (TPSA) is 106 Å². The fourth-order valence-corrected chi connectivity index (χ4v) is 1.31. The van der Waals surface area contributed by atoms with Crippen molar-refractivity contribution >= 4 is 17.7 Å². The summed E-state index contributed by atoms with van der Waals surface area (Å²) in [4.78, 5) is 33.9. The van der Waals surface area contributed by atoms with Gasteiger partial charge in [-0.15, -0.1) is 10.7 Å². The number of carbonyl (C=O) groups excluding carboxylic acids is 3. The Morgan fingerprint density at radius 2 is 1.62 bits per heavy atom. The minimum Gasteiger partial charge on any atom is -0.323 e. The summed E-state index contributed by atoms with van der Waals surface area (Å²) in [5.41, 5.74) is 7.91. The molecule has 4 N–H and O–H groups in total.